The predicted molar refractivity (Wildman–Crippen MR) is 83.8 cm³/mol. The summed E-state index contributed by atoms with van der Waals surface area (Å²) in [5.74, 6) is 0.280. The van der Waals surface area contributed by atoms with Crippen LogP contribution in [0.2, 0.25) is 0 Å². The van der Waals surface area contributed by atoms with E-state index in [2.05, 4.69) is 34.9 Å². The van der Waals surface area contributed by atoms with E-state index in [0.29, 0.717) is 6.54 Å². The van der Waals surface area contributed by atoms with E-state index in [4.69, 9.17) is 5.73 Å². The van der Waals surface area contributed by atoms with Crippen LogP contribution in [0.15, 0.2) is 24.3 Å². The Morgan fingerprint density at radius 3 is 3.05 bits per heavy atom. The van der Waals surface area contributed by atoms with E-state index in [1.807, 2.05) is 0 Å². The molecule has 1 saturated carbocycles. The number of rotatable bonds is 3. The van der Waals surface area contributed by atoms with E-state index < -0.39 is 0 Å². The van der Waals surface area contributed by atoms with Crippen molar-refractivity contribution in [2.24, 2.45) is 11.7 Å². The van der Waals surface area contributed by atoms with Gasteiger partial charge in [-0.15, -0.1) is 0 Å². The third-order valence-corrected chi connectivity index (χ3v) is 4.78. The fourth-order valence-corrected chi connectivity index (χ4v) is 3.59. The summed E-state index contributed by atoms with van der Waals surface area (Å²) in [5.41, 5.74) is 8.69. The summed E-state index contributed by atoms with van der Waals surface area (Å²) in [7, 11) is 0. The van der Waals surface area contributed by atoms with Crippen molar-refractivity contribution in [2.75, 3.05) is 13.1 Å². The van der Waals surface area contributed by atoms with E-state index in [-0.39, 0.29) is 23.9 Å². The second kappa shape index (κ2) is 6.58. The number of amides is 1. The van der Waals surface area contributed by atoms with Crippen molar-refractivity contribution in [3.05, 3.63) is 35.4 Å². The van der Waals surface area contributed by atoms with Gasteiger partial charge in [-0.1, -0.05) is 30.7 Å². The van der Waals surface area contributed by atoms with Gasteiger partial charge in [0.2, 0.25) is 5.91 Å². The minimum Gasteiger partial charge on any atom is -0.354 e. The van der Waals surface area contributed by atoms with E-state index in [0.717, 1.165) is 38.6 Å². The maximum atomic E-state index is 12.3. The van der Waals surface area contributed by atoms with Crippen molar-refractivity contribution in [3.8, 4) is 0 Å². The van der Waals surface area contributed by atoms with Gasteiger partial charge in [0.25, 0.3) is 0 Å². The van der Waals surface area contributed by atoms with Crippen molar-refractivity contribution < 1.29 is 4.79 Å². The summed E-state index contributed by atoms with van der Waals surface area (Å²) in [6.07, 6.45) is 5.01. The lowest BCUT2D eigenvalue weighted by Crippen LogP contribution is -2.42. The topological polar surface area (TPSA) is 67.2 Å². The number of carbonyl (C=O) groups excluding carboxylic acids is 1. The molecule has 1 amide bonds. The van der Waals surface area contributed by atoms with Crippen molar-refractivity contribution in [2.45, 2.75) is 44.2 Å². The van der Waals surface area contributed by atoms with Crippen molar-refractivity contribution in [3.63, 3.8) is 0 Å². The molecule has 2 aliphatic rings. The minimum atomic E-state index is 0.104. The first kappa shape index (κ1) is 14.5. The molecule has 0 radical (unpaired) electrons. The summed E-state index contributed by atoms with van der Waals surface area (Å²) in [6, 6.07) is 8.93. The quantitative estimate of drug-likeness (QED) is 0.789. The summed E-state index contributed by atoms with van der Waals surface area (Å²) in [4.78, 5) is 12.3. The van der Waals surface area contributed by atoms with Crippen LogP contribution in [0.5, 0.6) is 0 Å². The Kier molecular flexibility index (Phi) is 4.56. The largest absolute Gasteiger partial charge is 0.354 e. The fourth-order valence-electron chi connectivity index (χ4n) is 3.59. The highest BCUT2D eigenvalue weighted by atomic mass is 16.1. The maximum Gasteiger partial charge on any atom is 0.223 e. The number of nitrogens with one attached hydrogen (secondary N) is 2. The lowest BCUT2D eigenvalue weighted by molar-refractivity contribution is -0.126. The van der Waals surface area contributed by atoms with E-state index in [1.165, 1.54) is 11.1 Å². The zero-order valence-electron chi connectivity index (χ0n) is 12.5. The molecule has 1 aliphatic carbocycles. The normalized spacial score (nSPS) is 28.7. The van der Waals surface area contributed by atoms with Crippen molar-refractivity contribution in [1.29, 1.82) is 0 Å². The molecule has 114 valence electrons. The first-order valence-corrected chi connectivity index (χ1v) is 8.08. The zero-order chi connectivity index (χ0) is 14.7. The van der Waals surface area contributed by atoms with Gasteiger partial charge in [-0.25, -0.2) is 0 Å². The molecule has 4 N–H and O–H groups in total. The second-order valence-corrected chi connectivity index (χ2v) is 6.32. The minimum absolute atomic E-state index is 0.104. The molecule has 0 spiro atoms. The molecular formula is C17H25N3O. The summed E-state index contributed by atoms with van der Waals surface area (Å²) >= 11 is 0. The third-order valence-electron chi connectivity index (χ3n) is 4.78. The molecule has 4 nitrogen and oxygen atoms in total. The van der Waals surface area contributed by atoms with Crippen LogP contribution in [0.3, 0.4) is 0 Å². The van der Waals surface area contributed by atoms with Crippen LogP contribution in [0, 0.1) is 5.92 Å². The summed E-state index contributed by atoms with van der Waals surface area (Å²) in [6.45, 7) is 1.65. The molecule has 0 saturated heterocycles. The number of carbonyl (C=O) groups is 1. The molecule has 1 aromatic rings. The van der Waals surface area contributed by atoms with Gasteiger partial charge in [0.05, 0.1) is 0 Å². The van der Waals surface area contributed by atoms with Crippen molar-refractivity contribution in [1.82, 2.24) is 10.6 Å². The molecule has 3 atom stereocenters. The summed E-state index contributed by atoms with van der Waals surface area (Å²) < 4.78 is 0. The molecule has 1 aromatic carbocycles. The van der Waals surface area contributed by atoms with E-state index >= 15 is 0 Å². The zero-order valence-corrected chi connectivity index (χ0v) is 12.5. The molecule has 3 rings (SSSR count). The summed E-state index contributed by atoms with van der Waals surface area (Å²) in [5, 5.41) is 6.63. The van der Waals surface area contributed by atoms with E-state index in [1.54, 1.807) is 0 Å². The van der Waals surface area contributed by atoms with Crippen LogP contribution >= 0.6 is 0 Å². The lowest BCUT2D eigenvalue weighted by atomic mass is 9.85. The highest BCUT2D eigenvalue weighted by Crippen LogP contribution is 2.24. The predicted octanol–water partition coefficient (Wildman–Crippen LogP) is 1.51. The molecule has 0 aromatic heterocycles. The molecule has 3 unspecified atom stereocenters. The number of hydrogen-bond acceptors (Lipinski definition) is 3. The Balaban J connectivity index is 1.57. The van der Waals surface area contributed by atoms with Gasteiger partial charge < -0.3 is 16.4 Å². The third kappa shape index (κ3) is 3.44. The number of nitrogens with two attached hydrogens (primary N) is 1. The van der Waals surface area contributed by atoms with Gasteiger partial charge in [0.1, 0.15) is 0 Å². The molecule has 0 bridgehead atoms. The van der Waals surface area contributed by atoms with Gasteiger partial charge >= 0.3 is 0 Å². The van der Waals surface area contributed by atoms with Crippen molar-refractivity contribution >= 4 is 5.91 Å². The number of benzene rings is 1. The standard InChI is InChI=1S/C17H25N3O/c18-14-6-3-5-13(10-14)17(21)20-11-16-15-7-2-1-4-12(15)8-9-19-16/h1-2,4,7,13-14,16,19H,3,5-6,8-11,18H2,(H,20,21). The van der Waals surface area contributed by atoms with Crippen LogP contribution in [-0.4, -0.2) is 25.0 Å². The Morgan fingerprint density at radius 1 is 1.33 bits per heavy atom. The van der Waals surface area contributed by atoms with Gasteiger partial charge in [-0.3, -0.25) is 4.79 Å². The first-order chi connectivity index (χ1) is 10.2. The Labute approximate surface area is 126 Å². The molecule has 1 aliphatic heterocycles. The Morgan fingerprint density at radius 2 is 2.19 bits per heavy atom. The Hall–Kier alpha value is -1.39. The molecule has 1 heterocycles. The average molecular weight is 287 g/mol. The average Bonchev–Trinajstić information content (AvgIpc) is 2.52. The van der Waals surface area contributed by atoms with E-state index in [9.17, 15) is 4.79 Å². The van der Waals surface area contributed by atoms with Crippen LogP contribution in [0.25, 0.3) is 0 Å². The van der Waals surface area contributed by atoms with Gasteiger partial charge in [0, 0.05) is 24.5 Å². The van der Waals surface area contributed by atoms with Gasteiger partial charge in [-0.05, 0) is 43.4 Å². The molecule has 1 fully saturated rings. The maximum absolute atomic E-state index is 12.3. The van der Waals surface area contributed by atoms with Crippen LogP contribution in [0.1, 0.15) is 42.9 Å². The fraction of sp³-hybridized carbons (Fsp3) is 0.588. The monoisotopic (exact) mass is 287 g/mol. The smallest absolute Gasteiger partial charge is 0.223 e. The van der Waals surface area contributed by atoms with Gasteiger partial charge in [0.15, 0.2) is 0 Å². The highest BCUT2D eigenvalue weighted by Gasteiger charge is 2.26. The van der Waals surface area contributed by atoms with Crippen LogP contribution in [0.4, 0.5) is 0 Å². The number of fused-ring (bicyclic) bond motifs is 1. The second-order valence-electron chi connectivity index (χ2n) is 6.32. The molecular weight excluding hydrogens is 262 g/mol. The van der Waals surface area contributed by atoms with Crippen LogP contribution in [-0.2, 0) is 11.2 Å². The molecule has 21 heavy (non-hydrogen) atoms. The first-order valence-electron chi connectivity index (χ1n) is 8.08. The Bertz CT molecular complexity index is 503. The molecule has 4 heteroatoms. The SMILES string of the molecule is NC1CCCC(C(=O)NCC2NCCc3ccccc32)C1. The number of hydrogen-bond donors (Lipinski definition) is 3. The van der Waals surface area contributed by atoms with Crippen LogP contribution < -0.4 is 16.4 Å². The van der Waals surface area contributed by atoms with Gasteiger partial charge in [-0.2, -0.15) is 0 Å². The lowest BCUT2D eigenvalue weighted by Gasteiger charge is -2.29. The highest BCUT2D eigenvalue weighted by molar-refractivity contribution is 5.78.